The standard InChI is InChI=1S/C24H25N3O2S/c1-7-17-12-18-13-19(11-15(2)21(18)25-14-17)29-23(30-6)22(28)27-24(4,5)20-10-8-9-16(3)26-20/h1,8-14,23H,2-6H3,(H,27,28). The molecular weight excluding hydrogens is 394 g/mol. The fourth-order valence-electron chi connectivity index (χ4n) is 3.20. The van der Waals surface area contributed by atoms with Crippen molar-refractivity contribution < 1.29 is 9.53 Å². The van der Waals surface area contributed by atoms with Crippen molar-refractivity contribution in [3.63, 3.8) is 0 Å². The van der Waals surface area contributed by atoms with Crippen molar-refractivity contribution in [3.05, 3.63) is 65.1 Å². The van der Waals surface area contributed by atoms with Crippen molar-refractivity contribution >= 4 is 28.6 Å². The first-order chi connectivity index (χ1) is 14.2. The van der Waals surface area contributed by atoms with Gasteiger partial charge in [-0.05, 0) is 69.8 Å². The third-order valence-corrected chi connectivity index (χ3v) is 5.49. The highest BCUT2D eigenvalue weighted by Crippen LogP contribution is 2.27. The molecule has 0 bridgehead atoms. The smallest absolute Gasteiger partial charge is 0.272 e. The second-order valence-corrected chi connectivity index (χ2v) is 8.54. The monoisotopic (exact) mass is 419 g/mol. The lowest BCUT2D eigenvalue weighted by atomic mass is 9.99. The molecule has 6 heteroatoms. The average molecular weight is 420 g/mol. The molecule has 2 aromatic heterocycles. The maximum absolute atomic E-state index is 13.0. The van der Waals surface area contributed by atoms with E-state index in [9.17, 15) is 4.79 Å². The molecule has 0 aliphatic rings. The van der Waals surface area contributed by atoms with Crippen LogP contribution >= 0.6 is 11.8 Å². The lowest BCUT2D eigenvalue weighted by molar-refractivity contribution is -0.126. The van der Waals surface area contributed by atoms with Crippen LogP contribution in [0.3, 0.4) is 0 Å². The van der Waals surface area contributed by atoms with E-state index in [-0.39, 0.29) is 5.91 Å². The van der Waals surface area contributed by atoms with Crippen LogP contribution in [0.4, 0.5) is 0 Å². The van der Waals surface area contributed by atoms with Crippen LogP contribution in [0.1, 0.15) is 36.4 Å². The quantitative estimate of drug-likeness (QED) is 0.475. The molecule has 154 valence electrons. The lowest BCUT2D eigenvalue weighted by Gasteiger charge is -2.28. The van der Waals surface area contributed by atoms with Gasteiger partial charge in [-0.3, -0.25) is 14.8 Å². The van der Waals surface area contributed by atoms with E-state index in [4.69, 9.17) is 11.2 Å². The first-order valence-electron chi connectivity index (χ1n) is 9.56. The fourth-order valence-corrected chi connectivity index (χ4v) is 3.68. The maximum atomic E-state index is 13.0. The first kappa shape index (κ1) is 21.7. The molecule has 30 heavy (non-hydrogen) atoms. The summed E-state index contributed by atoms with van der Waals surface area (Å²) >= 11 is 1.33. The number of benzene rings is 1. The summed E-state index contributed by atoms with van der Waals surface area (Å²) in [6.07, 6.45) is 9.01. The number of fused-ring (bicyclic) bond motifs is 1. The van der Waals surface area contributed by atoms with E-state index >= 15 is 0 Å². The predicted octanol–water partition coefficient (Wildman–Crippen LogP) is 4.35. The number of aryl methyl sites for hydroxylation is 2. The summed E-state index contributed by atoms with van der Waals surface area (Å²) in [6.45, 7) is 7.74. The number of nitrogens with zero attached hydrogens (tertiary/aromatic N) is 2. The molecule has 1 atom stereocenters. The SMILES string of the molecule is C#Cc1cnc2c(C)cc(OC(SC)C(=O)NC(C)(C)c3cccc(C)n3)cc2c1. The lowest BCUT2D eigenvalue weighted by Crippen LogP contribution is -2.47. The molecule has 0 aliphatic carbocycles. The van der Waals surface area contributed by atoms with E-state index in [2.05, 4.69) is 21.2 Å². The van der Waals surface area contributed by atoms with Crippen molar-refractivity contribution in [2.75, 3.05) is 6.26 Å². The van der Waals surface area contributed by atoms with Crippen molar-refractivity contribution in [1.82, 2.24) is 15.3 Å². The molecule has 0 fully saturated rings. The summed E-state index contributed by atoms with van der Waals surface area (Å²) in [5.74, 6) is 2.97. The summed E-state index contributed by atoms with van der Waals surface area (Å²) in [7, 11) is 0. The number of carbonyl (C=O) groups excluding carboxylic acids is 1. The Bertz CT molecular complexity index is 1130. The van der Waals surface area contributed by atoms with Gasteiger partial charge in [0, 0.05) is 22.8 Å². The van der Waals surface area contributed by atoms with E-state index in [1.165, 1.54) is 11.8 Å². The van der Waals surface area contributed by atoms with Gasteiger partial charge in [0.05, 0.1) is 16.7 Å². The second kappa shape index (κ2) is 8.76. The summed E-state index contributed by atoms with van der Waals surface area (Å²) in [4.78, 5) is 21.9. The summed E-state index contributed by atoms with van der Waals surface area (Å²) in [5.41, 5.74) is 2.86. The van der Waals surface area contributed by atoms with Gasteiger partial charge in [-0.25, -0.2) is 0 Å². The highest BCUT2D eigenvalue weighted by molar-refractivity contribution is 7.99. The molecule has 0 radical (unpaired) electrons. The number of amides is 1. The Morgan fingerprint density at radius 1 is 1.27 bits per heavy atom. The largest absolute Gasteiger partial charge is 0.470 e. The Labute approximate surface area is 181 Å². The molecular formula is C24H25N3O2S. The molecule has 1 amide bonds. The molecule has 1 unspecified atom stereocenters. The average Bonchev–Trinajstić information content (AvgIpc) is 2.71. The van der Waals surface area contributed by atoms with Gasteiger partial charge in [0.15, 0.2) is 0 Å². The van der Waals surface area contributed by atoms with Crippen LogP contribution in [0.25, 0.3) is 10.9 Å². The van der Waals surface area contributed by atoms with Crippen LogP contribution in [-0.4, -0.2) is 27.6 Å². The fraction of sp³-hybridized carbons (Fsp3) is 0.292. The third-order valence-electron chi connectivity index (χ3n) is 4.75. The molecule has 1 aromatic carbocycles. The Morgan fingerprint density at radius 3 is 2.70 bits per heavy atom. The zero-order chi connectivity index (χ0) is 21.9. The normalized spacial score (nSPS) is 12.3. The zero-order valence-electron chi connectivity index (χ0n) is 17.8. The molecule has 0 aliphatic heterocycles. The van der Waals surface area contributed by atoms with E-state index < -0.39 is 11.0 Å². The molecule has 3 rings (SSSR count). The number of aromatic nitrogens is 2. The van der Waals surface area contributed by atoms with E-state index in [0.717, 1.165) is 27.9 Å². The number of rotatable bonds is 6. The zero-order valence-corrected chi connectivity index (χ0v) is 18.6. The van der Waals surface area contributed by atoms with Crippen molar-refractivity contribution in [3.8, 4) is 18.1 Å². The molecule has 3 aromatic rings. The Balaban J connectivity index is 1.82. The summed E-state index contributed by atoms with van der Waals surface area (Å²) in [6, 6.07) is 11.4. The maximum Gasteiger partial charge on any atom is 0.272 e. The number of thioether (sulfide) groups is 1. The minimum absolute atomic E-state index is 0.218. The third kappa shape index (κ3) is 4.74. The van der Waals surface area contributed by atoms with E-state index in [1.54, 1.807) is 6.20 Å². The molecule has 1 N–H and O–H groups in total. The number of carbonyl (C=O) groups is 1. The number of hydrogen-bond donors (Lipinski definition) is 1. The highest BCUT2D eigenvalue weighted by Gasteiger charge is 2.29. The van der Waals surface area contributed by atoms with Crippen LogP contribution in [0.15, 0.2) is 42.6 Å². The Morgan fingerprint density at radius 2 is 2.03 bits per heavy atom. The van der Waals surface area contributed by atoms with Gasteiger partial charge in [0.2, 0.25) is 5.44 Å². The van der Waals surface area contributed by atoms with Crippen molar-refractivity contribution in [2.24, 2.45) is 0 Å². The van der Waals surface area contributed by atoms with Gasteiger partial charge in [-0.15, -0.1) is 18.2 Å². The van der Waals surface area contributed by atoms with Crippen LogP contribution in [0.5, 0.6) is 5.75 Å². The summed E-state index contributed by atoms with van der Waals surface area (Å²) < 4.78 is 6.04. The van der Waals surface area contributed by atoms with Crippen LogP contribution in [0, 0.1) is 26.2 Å². The van der Waals surface area contributed by atoms with Crippen LogP contribution in [0.2, 0.25) is 0 Å². The minimum atomic E-state index is -0.713. The Kier molecular flexibility index (Phi) is 6.33. The first-order valence-corrected chi connectivity index (χ1v) is 10.8. The predicted molar refractivity (Wildman–Crippen MR) is 122 cm³/mol. The van der Waals surface area contributed by atoms with Gasteiger partial charge < -0.3 is 10.1 Å². The van der Waals surface area contributed by atoms with Gasteiger partial charge in [0.25, 0.3) is 5.91 Å². The number of ether oxygens (including phenoxy) is 1. The minimum Gasteiger partial charge on any atom is -0.470 e. The van der Waals surface area contributed by atoms with Gasteiger partial charge >= 0.3 is 0 Å². The van der Waals surface area contributed by atoms with Crippen molar-refractivity contribution in [1.29, 1.82) is 0 Å². The molecule has 2 heterocycles. The number of hydrogen-bond acceptors (Lipinski definition) is 5. The molecule has 0 saturated carbocycles. The molecule has 0 spiro atoms. The second-order valence-electron chi connectivity index (χ2n) is 7.64. The van der Waals surface area contributed by atoms with Gasteiger partial charge in [-0.2, -0.15) is 0 Å². The number of pyridine rings is 2. The number of terminal acetylenes is 1. The number of nitrogens with one attached hydrogen (secondary N) is 1. The molecule has 5 nitrogen and oxygen atoms in total. The summed E-state index contributed by atoms with van der Waals surface area (Å²) in [5, 5.41) is 3.93. The van der Waals surface area contributed by atoms with Gasteiger partial charge in [-0.1, -0.05) is 12.0 Å². The van der Waals surface area contributed by atoms with Crippen LogP contribution < -0.4 is 10.1 Å². The topological polar surface area (TPSA) is 64.1 Å². The van der Waals surface area contributed by atoms with Crippen LogP contribution in [-0.2, 0) is 10.3 Å². The van der Waals surface area contributed by atoms with Gasteiger partial charge in [0.1, 0.15) is 5.75 Å². The van der Waals surface area contributed by atoms with Crippen molar-refractivity contribution in [2.45, 2.75) is 38.7 Å². The highest BCUT2D eigenvalue weighted by atomic mass is 32.2. The van der Waals surface area contributed by atoms with E-state index in [1.807, 2.05) is 70.3 Å². The molecule has 0 saturated heterocycles. The Hall–Kier alpha value is -3.04. The van der Waals surface area contributed by atoms with E-state index in [0.29, 0.717) is 11.3 Å².